The number of halogens is 2. The molecule has 0 atom stereocenters. The van der Waals surface area contributed by atoms with Crippen molar-refractivity contribution in [2.45, 2.75) is 31.6 Å². The molecule has 4 heteroatoms. The highest BCUT2D eigenvalue weighted by atomic mass is 35.5. The van der Waals surface area contributed by atoms with Gasteiger partial charge in [0.25, 0.3) is 0 Å². The molecule has 0 radical (unpaired) electrons. The van der Waals surface area contributed by atoms with Gasteiger partial charge in [-0.1, -0.05) is 29.3 Å². The number of rotatable bonds is 3. The van der Waals surface area contributed by atoms with E-state index in [0.717, 1.165) is 18.4 Å². The van der Waals surface area contributed by atoms with Crippen LogP contribution < -0.4 is 5.73 Å². The van der Waals surface area contributed by atoms with Gasteiger partial charge in [0.05, 0.1) is 12.7 Å². The van der Waals surface area contributed by atoms with Crippen molar-refractivity contribution in [1.82, 2.24) is 0 Å². The second-order valence-electron chi connectivity index (χ2n) is 3.90. The highest BCUT2D eigenvalue weighted by molar-refractivity contribution is 6.35. The summed E-state index contributed by atoms with van der Waals surface area (Å²) in [5.41, 5.74) is 6.64. The minimum atomic E-state index is 0.298. The Morgan fingerprint density at radius 1 is 1.33 bits per heavy atom. The van der Waals surface area contributed by atoms with Gasteiger partial charge in [-0.2, -0.15) is 0 Å². The van der Waals surface area contributed by atoms with E-state index >= 15 is 0 Å². The lowest BCUT2D eigenvalue weighted by Gasteiger charge is -2.32. The maximum atomic E-state index is 6.01. The predicted octanol–water partition coefficient (Wildman–Crippen LogP) is 3.00. The summed E-state index contributed by atoms with van der Waals surface area (Å²) in [7, 11) is 0. The van der Waals surface area contributed by atoms with Crippen LogP contribution in [-0.2, 0) is 11.3 Å². The second-order valence-corrected chi connectivity index (χ2v) is 4.74. The number of hydrogen-bond donors (Lipinski definition) is 1. The van der Waals surface area contributed by atoms with E-state index in [-0.39, 0.29) is 0 Å². The van der Waals surface area contributed by atoms with Crippen molar-refractivity contribution in [1.29, 1.82) is 0 Å². The minimum absolute atomic E-state index is 0.298. The van der Waals surface area contributed by atoms with E-state index in [0.29, 0.717) is 28.8 Å². The Morgan fingerprint density at radius 2 is 2.07 bits per heavy atom. The molecule has 0 saturated heterocycles. The smallest absolute Gasteiger partial charge is 0.0735 e. The van der Waals surface area contributed by atoms with Crippen LogP contribution in [0.5, 0.6) is 0 Å². The predicted molar refractivity (Wildman–Crippen MR) is 62.2 cm³/mol. The average molecular weight is 246 g/mol. The fourth-order valence-corrected chi connectivity index (χ4v) is 2.05. The monoisotopic (exact) mass is 245 g/mol. The van der Waals surface area contributed by atoms with Crippen LogP contribution in [0.25, 0.3) is 0 Å². The van der Waals surface area contributed by atoms with Gasteiger partial charge >= 0.3 is 0 Å². The van der Waals surface area contributed by atoms with E-state index in [4.69, 9.17) is 33.7 Å². The van der Waals surface area contributed by atoms with Crippen molar-refractivity contribution < 1.29 is 4.74 Å². The van der Waals surface area contributed by atoms with Gasteiger partial charge in [0.15, 0.2) is 0 Å². The zero-order valence-electron chi connectivity index (χ0n) is 8.25. The molecule has 0 spiro atoms. The van der Waals surface area contributed by atoms with Gasteiger partial charge in [0, 0.05) is 16.1 Å². The first-order chi connectivity index (χ1) is 7.15. The van der Waals surface area contributed by atoms with E-state index in [9.17, 15) is 0 Å². The average Bonchev–Trinajstić information content (AvgIpc) is 2.13. The van der Waals surface area contributed by atoms with Crippen LogP contribution in [0, 0.1) is 0 Å². The van der Waals surface area contributed by atoms with Crippen LogP contribution >= 0.6 is 23.2 Å². The molecule has 15 heavy (non-hydrogen) atoms. The lowest BCUT2D eigenvalue weighted by molar-refractivity contribution is -0.0188. The van der Waals surface area contributed by atoms with Gasteiger partial charge in [-0.05, 0) is 30.5 Å². The maximum Gasteiger partial charge on any atom is 0.0735 e. The fraction of sp³-hybridized carbons (Fsp3) is 0.455. The molecule has 0 unspecified atom stereocenters. The van der Waals surface area contributed by atoms with Crippen LogP contribution in [0.3, 0.4) is 0 Å². The third kappa shape index (κ3) is 2.85. The Balaban J connectivity index is 1.88. The lowest BCUT2D eigenvalue weighted by Crippen LogP contribution is -2.41. The summed E-state index contributed by atoms with van der Waals surface area (Å²) in [6.07, 6.45) is 2.20. The van der Waals surface area contributed by atoms with Gasteiger partial charge in [-0.15, -0.1) is 0 Å². The molecule has 82 valence electrons. The quantitative estimate of drug-likeness (QED) is 0.889. The van der Waals surface area contributed by atoms with Gasteiger partial charge in [-0.25, -0.2) is 0 Å². The summed E-state index contributed by atoms with van der Waals surface area (Å²) in [6.45, 7) is 0.535. The van der Waals surface area contributed by atoms with Crippen molar-refractivity contribution in [3.63, 3.8) is 0 Å². The van der Waals surface area contributed by atoms with Gasteiger partial charge < -0.3 is 10.5 Å². The first-order valence-electron chi connectivity index (χ1n) is 4.96. The molecule has 0 aliphatic heterocycles. The molecule has 0 amide bonds. The normalized spacial score (nSPS) is 25.0. The molecule has 0 aromatic heterocycles. The summed E-state index contributed by atoms with van der Waals surface area (Å²) in [5, 5.41) is 1.31. The largest absolute Gasteiger partial charge is 0.373 e. The van der Waals surface area contributed by atoms with Gasteiger partial charge in [0.1, 0.15) is 0 Å². The van der Waals surface area contributed by atoms with E-state index < -0.39 is 0 Å². The SMILES string of the molecule is NC1CC(OCc2ccc(Cl)cc2Cl)C1. The summed E-state index contributed by atoms with van der Waals surface area (Å²) in [5.74, 6) is 0. The Kier molecular flexibility index (Phi) is 3.52. The van der Waals surface area contributed by atoms with Crippen molar-refractivity contribution in [2.75, 3.05) is 0 Å². The van der Waals surface area contributed by atoms with Gasteiger partial charge in [-0.3, -0.25) is 0 Å². The van der Waals surface area contributed by atoms with E-state index in [2.05, 4.69) is 0 Å². The number of hydrogen-bond acceptors (Lipinski definition) is 2. The molecule has 2 rings (SSSR count). The Labute approximate surface area is 99.3 Å². The summed E-state index contributed by atoms with van der Waals surface area (Å²) in [6, 6.07) is 5.76. The molecule has 1 fully saturated rings. The van der Waals surface area contributed by atoms with Crippen molar-refractivity contribution >= 4 is 23.2 Å². The highest BCUT2D eigenvalue weighted by Gasteiger charge is 2.26. The zero-order valence-corrected chi connectivity index (χ0v) is 9.76. The van der Waals surface area contributed by atoms with E-state index in [1.54, 1.807) is 6.07 Å². The van der Waals surface area contributed by atoms with Crippen molar-refractivity contribution in [3.8, 4) is 0 Å². The van der Waals surface area contributed by atoms with Gasteiger partial charge in [0.2, 0.25) is 0 Å². The lowest BCUT2D eigenvalue weighted by atomic mass is 9.90. The van der Waals surface area contributed by atoms with Crippen molar-refractivity contribution in [2.24, 2.45) is 5.73 Å². The summed E-state index contributed by atoms with van der Waals surface area (Å²) >= 11 is 11.8. The topological polar surface area (TPSA) is 35.2 Å². The Bertz CT molecular complexity index is 350. The van der Waals surface area contributed by atoms with E-state index in [1.165, 1.54) is 0 Å². The molecule has 0 bridgehead atoms. The number of ether oxygens (including phenoxy) is 1. The fourth-order valence-electron chi connectivity index (χ4n) is 1.59. The summed E-state index contributed by atoms with van der Waals surface area (Å²) < 4.78 is 5.65. The third-order valence-corrected chi connectivity index (χ3v) is 3.21. The van der Waals surface area contributed by atoms with Crippen molar-refractivity contribution in [3.05, 3.63) is 33.8 Å². The maximum absolute atomic E-state index is 6.01. The number of benzene rings is 1. The standard InChI is InChI=1S/C11H13Cl2NO/c12-8-2-1-7(11(13)3-8)6-15-10-4-9(14)5-10/h1-3,9-10H,4-6,14H2. The van der Waals surface area contributed by atoms with Crippen LogP contribution in [0.4, 0.5) is 0 Å². The molecule has 0 heterocycles. The Morgan fingerprint density at radius 3 is 2.67 bits per heavy atom. The molecule has 1 aliphatic rings. The van der Waals surface area contributed by atoms with Crippen LogP contribution in [0.15, 0.2) is 18.2 Å². The second kappa shape index (κ2) is 4.71. The minimum Gasteiger partial charge on any atom is -0.373 e. The molecular weight excluding hydrogens is 233 g/mol. The molecule has 2 nitrogen and oxygen atoms in total. The molecule has 2 N–H and O–H groups in total. The highest BCUT2D eigenvalue weighted by Crippen LogP contribution is 2.25. The first kappa shape index (κ1) is 11.2. The Hall–Kier alpha value is -0.280. The molecular formula is C11H13Cl2NO. The molecule has 1 aromatic rings. The number of nitrogens with two attached hydrogens (primary N) is 1. The van der Waals surface area contributed by atoms with Crippen LogP contribution in [-0.4, -0.2) is 12.1 Å². The van der Waals surface area contributed by atoms with E-state index in [1.807, 2.05) is 12.1 Å². The molecule has 1 aliphatic carbocycles. The molecule has 1 saturated carbocycles. The molecule has 1 aromatic carbocycles. The van der Waals surface area contributed by atoms with Crippen LogP contribution in [0.2, 0.25) is 10.0 Å². The first-order valence-corrected chi connectivity index (χ1v) is 5.72. The zero-order chi connectivity index (χ0) is 10.8. The summed E-state index contributed by atoms with van der Waals surface area (Å²) in [4.78, 5) is 0. The third-order valence-electron chi connectivity index (χ3n) is 2.62. The van der Waals surface area contributed by atoms with Crippen LogP contribution in [0.1, 0.15) is 18.4 Å².